The number of benzene rings is 2. The molecule has 0 unspecified atom stereocenters. The first-order valence-corrected chi connectivity index (χ1v) is 13.9. The van der Waals surface area contributed by atoms with Crippen molar-refractivity contribution >= 4 is 22.7 Å². The number of hydrogen-bond acceptors (Lipinski definition) is 6. The molecule has 5 rings (SSSR count). The summed E-state index contributed by atoms with van der Waals surface area (Å²) in [6, 6.07) is 14.1. The SMILES string of the molecule is COc1cc2nn(C3CCC(COCCC4CCN(C(=O)OCc5ccccc5)CC4)CC3)cc2cc1N. The number of aromatic nitrogens is 2. The van der Waals surface area contributed by atoms with Gasteiger partial charge in [-0.1, -0.05) is 30.3 Å². The second-order valence-electron chi connectivity index (χ2n) is 10.8. The van der Waals surface area contributed by atoms with Crippen molar-refractivity contribution in [3.05, 3.63) is 54.2 Å². The minimum atomic E-state index is -0.203. The topological polar surface area (TPSA) is 91.8 Å². The third-order valence-corrected chi connectivity index (χ3v) is 8.17. The zero-order chi connectivity index (χ0) is 26.3. The third kappa shape index (κ3) is 6.59. The van der Waals surface area contributed by atoms with Gasteiger partial charge in [-0.3, -0.25) is 4.68 Å². The molecular formula is C30H40N4O4. The summed E-state index contributed by atoms with van der Waals surface area (Å²) in [5.74, 6) is 1.91. The Bertz CT molecular complexity index is 1180. The average molecular weight is 521 g/mol. The summed E-state index contributed by atoms with van der Waals surface area (Å²) in [6.07, 6.45) is 9.57. The maximum Gasteiger partial charge on any atom is 0.410 e. The van der Waals surface area contributed by atoms with Crippen LogP contribution >= 0.6 is 0 Å². The van der Waals surface area contributed by atoms with Crippen LogP contribution in [0.4, 0.5) is 10.5 Å². The summed E-state index contributed by atoms with van der Waals surface area (Å²) < 4.78 is 19.0. The van der Waals surface area contributed by atoms with E-state index in [9.17, 15) is 4.79 Å². The fraction of sp³-hybridized carbons (Fsp3) is 0.533. The van der Waals surface area contributed by atoms with Crippen molar-refractivity contribution in [2.75, 3.05) is 39.1 Å². The van der Waals surface area contributed by atoms with Gasteiger partial charge in [0.05, 0.1) is 24.4 Å². The molecule has 2 N–H and O–H groups in total. The molecule has 2 aromatic carbocycles. The van der Waals surface area contributed by atoms with Gasteiger partial charge < -0.3 is 24.8 Å². The quantitative estimate of drug-likeness (QED) is 0.283. The molecule has 3 aromatic rings. The van der Waals surface area contributed by atoms with Gasteiger partial charge in [0.2, 0.25) is 0 Å². The number of hydrogen-bond donors (Lipinski definition) is 1. The van der Waals surface area contributed by atoms with Crippen molar-refractivity contribution < 1.29 is 19.0 Å². The lowest BCUT2D eigenvalue weighted by Gasteiger charge is -2.31. The standard InChI is InChI=1S/C30H40N4O4/c1-36-29-18-28-25(17-27(29)31)19-34(32-28)26-9-7-24(8-10-26)20-37-16-13-22-11-14-33(15-12-22)30(35)38-21-23-5-3-2-4-6-23/h2-6,17-19,22,24,26H,7-16,20-21,31H2,1H3. The van der Waals surface area contributed by atoms with Gasteiger partial charge in [0.15, 0.2) is 0 Å². The molecular weight excluding hydrogens is 480 g/mol. The molecule has 0 atom stereocenters. The normalized spacial score (nSPS) is 20.5. The van der Waals surface area contributed by atoms with Crippen LogP contribution in [0.1, 0.15) is 56.6 Å². The van der Waals surface area contributed by atoms with Crippen LogP contribution in [0.2, 0.25) is 0 Å². The highest BCUT2D eigenvalue weighted by atomic mass is 16.6. The van der Waals surface area contributed by atoms with Gasteiger partial charge in [-0.25, -0.2) is 4.79 Å². The predicted octanol–water partition coefficient (Wildman–Crippen LogP) is 5.81. The molecule has 1 aromatic heterocycles. The average Bonchev–Trinajstić information content (AvgIpc) is 3.37. The molecule has 1 aliphatic carbocycles. The van der Waals surface area contributed by atoms with Gasteiger partial charge in [-0.05, 0) is 68.4 Å². The minimum absolute atomic E-state index is 0.203. The lowest BCUT2D eigenvalue weighted by Crippen LogP contribution is -2.39. The Balaban J connectivity index is 0.960. The fourth-order valence-corrected chi connectivity index (χ4v) is 5.74. The molecule has 8 heteroatoms. The second-order valence-corrected chi connectivity index (χ2v) is 10.8. The van der Waals surface area contributed by atoms with Crippen LogP contribution in [0.3, 0.4) is 0 Å². The van der Waals surface area contributed by atoms with Crippen LogP contribution in [0.5, 0.6) is 5.75 Å². The highest BCUT2D eigenvalue weighted by molar-refractivity contribution is 5.84. The summed E-state index contributed by atoms with van der Waals surface area (Å²) in [4.78, 5) is 14.2. The molecule has 2 heterocycles. The molecule has 0 spiro atoms. The van der Waals surface area contributed by atoms with Gasteiger partial charge >= 0.3 is 6.09 Å². The van der Waals surface area contributed by atoms with Gasteiger partial charge in [0.1, 0.15) is 12.4 Å². The molecule has 1 saturated heterocycles. The van der Waals surface area contributed by atoms with Crippen molar-refractivity contribution in [2.24, 2.45) is 11.8 Å². The van der Waals surface area contributed by atoms with E-state index >= 15 is 0 Å². The Morgan fingerprint density at radius 1 is 1.03 bits per heavy atom. The summed E-state index contributed by atoms with van der Waals surface area (Å²) in [7, 11) is 1.63. The van der Waals surface area contributed by atoms with Crippen LogP contribution in [-0.2, 0) is 16.1 Å². The third-order valence-electron chi connectivity index (χ3n) is 8.17. The van der Waals surface area contributed by atoms with Crippen molar-refractivity contribution in [2.45, 2.75) is 57.6 Å². The van der Waals surface area contributed by atoms with Crippen LogP contribution < -0.4 is 10.5 Å². The maximum atomic E-state index is 12.4. The number of carbonyl (C=O) groups excluding carboxylic acids is 1. The molecule has 1 aliphatic heterocycles. The summed E-state index contributed by atoms with van der Waals surface area (Å²) >= 11 is 0. The molecule has 0 bridgehead atoms. The van der Waals surface area contributed by atoms with Crippen LogP contribution in [0.25, 0.3) is 10.9 Å². The van der Waals surface area contributed by atoms with E-state index in [0.717, 1.165) is 87.7 Å². The lowest BCUT2D eigenvalue weighted by atomic mass is 9.86. The molecule has 204 valence electrons. The fourth-order valence-electron chi connectivity index (χ4n) is 5.74. The van der Waals surface area contributed by atoms with Crippen LogP contribution in [-0.4, -0.2) is 54.2 Å². The number of ether oxygens (including phenoxy) is 3. The number of amides is 1. The van der Waals surface area contributed by atoms with Gasteiger partial charge in [-0.15, -0.1) is 0 Å². The molecule has 8 nitrogen and oxygen atoms in total. The first-order valence-electron chi connectivity index (χ1n) is 13.9. The number of rotatable bonds is 9. The Hall–Kier alpha value is -3.26. The summed E-state index contributed by atoms with van der Waals surface area (Å²) in [5.41, 5.74) is 8.65. The first-order chi connectivity index (χ1) is 18.6. The molecule has 1 saturated carbocycles. The minimum Gasteiger partial charge on any atom is -0.495 e. The molecule has 2 aliphatic rings. The Kier molecular flexibility index (Phi) is 8.68. The van der Waals surface area contributed by atoms with Gasteiger partial charge in [0, 0.05) is 44.0 Å². The van der Waals surface area contributed by atoms with Crippen molar-refractivity contribution in [3.8, 4) is 5.75 Å². The predicted molar refractivity (Wildman–Crippen MR) is 148 cm³/mol. The largest absolute Gasteiger partial charge is 0.495 e. The highest BCUT2D eigenvalue weighted by Gasteiger charge is 2.25. The zero-order valence-corrected chi connectivity index (χ0v) is 22.4. The number of nitrogen functional groups attached to an aromatic ring is 1. The van der Waals surface area contributed by atoms with E-state index in [2.05, 4.69) is 10.9 Å². The monoisotopic (exact) mass is 520 g/mol. The molecule has 0 radical (unpaired) electrons. The van der Waals surface area contributed by atoms with E-state index in [0.29, 0.717) is 35.9 Å². The smallest absolute Gasteiger partial charge is 0.410 e. The first kappa shape index (κ1) is 26.4. The van der Waals surface area contributed by atoms with Crippen molar-refractivity contribution in [3.63, 3.8) is 0 Å². The maximum absolute atomic E-state index is 12.4. The van der Waals surface area contributed by atoms with Crippen LogP contribution in [0, 0.1) is 11.8 Å². The van der Waals surface area contributed by atoms with E-state index in [1.165, 1.54) is 0 Å². The van der Waals surface area contributed by atoms with E-state index in [-0.39, 0.29) is 6.09 Å². The Morgan fingerprint density at radius 3 is 2.53 bits per heavy atom. The highest BCUT2D eigenvalue weighted by Crippen LogP contribution is 2.34. The number of piperidine rings is 1. The number of likely N-dealkylation sites (tertiary alicyclic amines) is 1. The molecule has 38 heavy (non-hydrogen) atoms. The lowest BCUT2D eigenvalue weighted by molar-refractivity contribution is 0.0561. The summed E-state index contributed by atoms with van der Waals surface area (Å²) in [6.45, 7) is 3.51. The molecule has 1 amide bonds. The second kappa shape index (κ2) is 12.5. The number of nitrogens with two attached hydrogens (primary N) is 1. The number of methoxy groups -OCH3 is 1. The zero-order valence-electron chi connectivity index (χ0n) is 22.4. The van der Waals surface area contributed by atoms with E-state index in [1.807, 2.05) is 47.4 Å². The van der Waals surface area contributed by atoms with Gasteiger partial charge in [-0.2, -0.15) is 5.10 Å². The number of carbonyl (C=O) groups is 1. The number of nitrogens with zero attached hydrogens (tertiary/aromatic N) is 3. The van der Waals surface area contributed by atoms with E-state index in [4.69, 9.17) is 25.0 Å². The van der Waals surface area contributed by atoms with Crippen LogP contribution in [0.15, 0.2) is 48.7 Å². The number of anilines is 1. The summed E-state index contributed by atoms with van der Waals surface area (Å²) in [5, 5.41) is 5.86. The molecule has 2 fully saturated rings. The van der Waals surface area contributed by atoms with Gasteiger partial charge in [0.25, 0.3) is 0 Å². The van der Waals surface area contributed by atoms with E-state index in [1.54, 1.807) is 7.11 Å². The number of fused-ring (bicyclic) bond motifs is 1. The van der Waals surface area contributed by atoms with Crippen molar-refractivity contribution in [1.82, 2.24) is 14.7 Å². The Labute approximate surface area is 225 Å². The Morgan fingerprint density at radius 2 is 1.79 bits per heavy atom. The van der Waals surface area contributed by atoms with E-state index < -0.39 is 0 Å². The van der Waals surface area contributed by atoms with Crippen molar-refractivity contribution in [1.29, 1.82) is 0 Å².